The quantitative estimate of drug-likeness (QED) is 0.527. The van der Waals surface area contributed by atoms with Crippen LogP contribution in [-0.2, 0) is 0 Å². The van der Waals surface area contributed by atoms with E-state index in [-0.39, 0.29) is 5.69 Å². The van der Waals surface area contributed by atoms with Crippen molar-refractivity contribution in [1.29, 1.82) is 0 Å². The molecule has 7 nitrogen and oxygen atoms in total. The fourth-order valence-electron chi connectivity index (χ4n) is 2.77. The number of rotatable bonds is 4. The molecule has 3 N–H and O–H groups in total. The smallest absolute Gasteiger partial charge is 0.352 e. The molecule has 0 aliphatic heterocycles. The average molecular weight is 334 g/mol. The lowest BCUT2D eigenvalue weighted by Gasteiger charge is -2.10. The molecule has 0 bridgehead atoms. The van der Waals surface area contributed by atoms with Crippen molar-refractivity contribution in [2.75, 3.05) is 12.4 Å². The number of hydrogen-bond acceptors (Lipinski definition) is 5. The summed E-state index contributed by atoms with van der Waals surface area (Å²) in [6.07, 6.45) is 3.37. The first-order valence-electron chi connectivity index (χ1n) is 7.56. The summed E-state index contributed by atoms with van der Waals surface area (Å²) in [6.45, 7) is 0. The molecule has 0 aliphatic carbocycles. The second-order valence-corrected chi connectivity index (χ2v) is 5.49. The van der Waals surface area contributed by atoms with Crippen molar-refractivity contribution in [2.24, 2.45) is 0 Å². The molecular weight excluding hydrogens is 320 g/mol. The monoisotopic (exact) mass is 334 g/mol. The number of carboxylic acids is 1. The number of carbonyl (C=O) groups is 1. The van der Waals surface area contributed by atoms with Crippen LogP contribution >= 0.6 is 0 Å². The number of benzene rings is 1. The zero-order valence-corrected chi connectivity index (χ0v) is 13.3. The van der Waals surface area contributed by atoms with E-state index in [0.29, 0.717) is 16.9 Å². The molecule has 0 saturated carbocycles. The molecule has 4 rings (SSSR count). The molecular formula is C18H14N4O3. The molecule has 0 unspecified atom stereocenters. The molecule has 3 heterocycles. The van der Waals surface area contributed by atoms with Gasteiger partial charge in [-0.25, -0.2) is 9.78 Å². The number of carboxylic acid groups (broad SMARTS) is 1. The number of ether oxygens (including phenoxy) is 1. The van der Waals surface area contributed by atoms with Crippen molar-refractivity contribution in [1.82, 2.24) is 15.0 Å². The Hall–Kier alpha value is -3.61. The topological polar surface area (TPSA) is 100 Å². The molecule has 0 atom stereocenters. The van der Waals surface area contributed by atoms with E-state index in [9.17, 15) is 9.90 Å². The highest BCUT2D eigenvalue weighted by molar-refractivity contribution is 6.10. The number of anilines is 2. The summed E-state index contributed by atoms with van der Waals surface area (Å²) in [4.78, 5) is 22.9. The molecule has 0 saturated heterocycles. The standard InChI is InChI=1S/C18H14N4O3/c1-25-11-4-2-3-10(7-11)20-17-13-9-19-6-5-12(13)16-14(22-17)8-15(21-16)18(23)24/h2-9,21H,1H3,(H,20,22)(H,23,24). The van der Waals surface area contributed by atoms with Gasteiger partial charge in [-0.05, 0) is 24.3 Å². The number of aromatic carboxylic acids is 1. The van der Waals surface area contributed by atoms with Crippen LogP contribution in [0.5, 0.6) is 5.75 Å². The maximum Gasteiger partial charge on any atom is 0.352 e. The maximum atomic E-state index is 11.3. The van der Waals surface area contributed by atoms with Gasteiger partial charge in [0.1, 0.15) is 17.3 Å². The Bertz CT molecular complexity index is 1100. The van der Waals surface area contributed by atoms with Crippen LogP contribution in [0.3, 0.4) is 0 Å². The average Bonchev–Trinajstić information content (AvgIpc) is 3.07. The highest BCUT2D eigenvalue weighted by Gasteiger charge is 2.14. The van der Waals surface area contributed by atoms with Gasteiger partial charge in [0.25, 0.3) is 0 Å². The number of methoxy groups -OCH3 is 1. The van der Waals surface area contributed by atoms with Gasteiger partial charge in [-0.1, -0.05) is 6.07 Å². The predicted octanol–water partition coefficient (Wildman–Crippen LogP) is 3.56. The fraction of sp³-hybridized carbons (Fsp3) is 0.0556. The van der Waals surface area contributed by atoms with Crippen molar-refractivity contribution in [2.45, 2.75) is 0 Å². The number of aromatic amines is 1. The number of hydrogen-bond donors (Lipinski definition) is 3. The number of fused-ring (bicyclic) bond motifs is 3. The zero-order valence-electron chi connectivity index (χ0n) is 13.3. The van der Waals surface area contributed by atoms with Crippen LogP contribution in [-0.4, -0.2) is 33.1 Å². The first-order valence-corrected chi connectivity index (χ1v) is 7.56. The molecule has 0 radical (unpaired) electrons. The van der Waals surface area contributed by atoms with E-state index in [1.54, 1.807) is 19.5 Å². The van der Waals surface area contributed by atoms with Crippen LogP contribution in [0, 0.1) is 0 Å². The number of nitrogens with zero attached hydrogens (tertiary/aromatic N) is 2. The van der Waals surface area contributed by atoms with Gasteiger partial charge in [0.15, 0.2) is 0 Å². The van der Waals surface area contributed by atoms with Gasteiger partial charge in [-0.3, -0.25) is 4.98 Å². The third-order valence-corrected chi connectivity index (χ3v) is 3.94. The minimum Gasteiger partial charge on any atom is -0.497 e. The second-order valence-electron chi connectivity index (χ2n) is 5.49. The first kappa shape index (κ1) is 14.9. The molecule has 3 aromatic heterocycles. The molecule has 7 heteroatoms. The van der Waals surface area contributed by atoms with Gasteiger partial charge in [-0.15, -0.1) is 0 Å². The van der Waals surface area contributed by atoms with E-state index >= 15 is 0 Å². The number of pyridine rings is 2. The largest absolute Gasteiger partial charge is 0.497 e. The Morgan fingerprint density at radius 2 is 2.12 bits per heavy atom. The molecule has 0 spiro atoms. The van der Waals surface area contributed by atoms with E-state index in [0.717, 1.165) is 22.2 Å². The SMILES string of the molecule is COc1cccc(Nc2nc3cc(C(=O)O)[nH]c3c3ccncc23)c1. The van der Waals surface area contributed by atoms with E-state index in [2.05, 4.69) is 20.3 Å². The molecule has 0 aliphatic rings. The minimum absolute atomic E-state index is 0.0964. The van der Waals surface area contributed by atoms with Crippen molar-refractivity contribution in [3.8, 4) is 5.75 Å². The summed E-state index contributed by atoms with van der Waals surface area (Å²) in [5.41, 5.74) is 2.15. The van der Waals surface area contributed by atoms with Gasteiger partial charge in [-0.2, -0.15) is 0 Å². The third kappa shape index (κ3) is 2.61. The summed E-state index contributed by atoms with van der Waals surface area (Å²) in [5.74, 6) is 0.297. The van der Waals surface area contributed by atoms with Crippen LogP contribution in [0.4, 0.5) is 11.5 Å². The summed E-state index contributed by atoms with van der Waals surface area (Å²) < 4.78 is 5.24. The summed E-state index contributed by atoms with van der Waals surface area (Å²) >= 11 is 0. The molecule has 0 amide bonds. The normalized spacial score (nSPS) is 10.9. The van der Waals surface area contributed by atoms with E-state index in [1.165, 1.54) is 6.07 Å². The molecule has 124 valence electrons. The van der Waals surface area contributed by atoms with Crippen molar-refractivity contribution in [3.05, 3.63) is 54.5 Å². The third-order valence-electron chi connectivity index (χ3n) is 3.94. The molecule has 25 heavy (non-hydrogen) atoms. The van der Waals surface area contributed by atoms with Gasteiger partial charge in [0.05, 0.1) is 18.1 Å². The molecule has 1 aromatic carbocycles. The number of nitrogens with one attached hydrogen (secondary N) is 2. The fourth-order valence-corrected chi connectivity index (χ4v) is 2.77. The predicted molar refractivity (Wildman–Crippen MR) is 94.6 cm³/mol. The van der Waals surface area contributed by atoms with Crippen LogP contribution < -0.4 is 10.1 Å². The highest BCUT2D eigenvalue weighted by atomic mass is 16.5. The first-order chi connectivity index (χ1) is 12.2. The second kappa shape index (κ2) is 5.79. The number of H-pyrrole nitrogens is 1. The van der Waals surface area contributed by atoms with E-state index < -0.39 is 5.97 Å². The van der Waals surface area contributed by atoms with Crippen molar-refractivity contribution >= 4 is 39.3 Å². The number of aromatic nitrogens is 3. The molecule has 0 fully saturated rings. The van der Waals surface area contributed by atoms with Crippen LogP contribution in [0.15, 0.2) is 48.8 Å². The maximum absolute atomic E-state index is 11.3. The minimum atomic E-state index is -1.03. The summed E-state index contributed by atoms with van der Waals surface area (Å²) in [5, 5.41) is 14.1. The molecule has 4 aromatic rings. The Morgan fingerprint density at radius 1 is 1.24 bits per heavy atom. The van der Waals surface area contributed by atoms with Crippen molar-refractivity contribution in [3.63, 3.8) is 0 Å². The Morgan fingerprint density at radius 3 is 2.92 bits per heavy atom. The van der Waals surface area contributed by atoms with Crippen LogP contribution in [0.25, 0.3) is 21.8 Å². The van der Waals surface area contributed by atoms with Gasteiger partial charge < -0.3 is 20.1 Å². The van der Waals surface area contributed by atoms with Gasteiger partial charge in [0.2, 0.25) is 0 Å². The van der Waals surface area contributed by atoms with Crippen LogP contribution in [0.2, 0.25) is 0 Å². The lowest BCUT2D eigenvalue weighted by molar-refractivity contribution is 0.0691. The Labute approximate surface area is 142 Å². The Balaban J connectivity index is 1.90. The zero-order chi connectivity index (χ0) is 17.4. The van der Waals surface area contributed by atoms with Gasteiger partial charge >= 0.3 is 5.97 Å². The summed E-state index contributed by atoms with van der Waals surface area (Å²) in [7, 11) is 1.61. The lowest BCUT2D eigenvalue weighted by atomic mass is 10.1. The van der Waals surface area contributed by atoms with Crippen molar-refractivity contribution < 1.29 is 14.6 Å². The van der Waals surface area contributed by atoms with E-state index in [4.69, 9.17) is 4.74 Å². The van der Waals surface area contributed by atoms with E-state index in [1.807, 2.05) is 30.3 Å². The Kier molecular flexibility index (Phi) is 3.46. The highest BCUT2D eigenvalue weighted by Crippen LogP contribution is 2.31. The summed E-state index contributed by atoms with van der Waals surface area (Å²) in [6, 6.07) is 10.8. The lowest BCUT2D eigenvalue weighted by Crippen LogP contribution is -1.96. The van der Waals surface area contributed by atoms with Crippen LogP contribution in [0.1, 0.15) is 10.5 Å². The van der Waals surface area contributed by atoms with Gasteiger partial charge in [0, 0.05) is 34.9 Å².